The Hall–Kier alpha value is -2.96. The fourth-order valence-corrected chi connectivity index (χ4v) is 3.84. The average molecular weight is 442 g/mol. The van der Waals surface area contributed by atoms with Gasteiger partial charge in [-0.2, -0.15) is 0 Å². The van der Waals surface area contributed by atoms with Crippen LogP contribution in [0.4, 0.5) is 4.79 Å². The van der Waals surface area contributed by atoms with Crippen molar-refractivity contribution in [2.24, 2.45) is 0 Å². The van der Waals surface area contributed by atoms with Gasteiger partial charge in [0.15, 0.2) is 0 Å². The summed E-state index contributed by atoms with van der Waals surface area (Å²) < 4.78 is 13.4. The molecule has 2 heterocycles. The van der Waals surface area contributed by atoms with Crippen molar-refractivity contribution in [3.63, 3.8) is 0 Å². The molecule has 0 radical (unpaired) electrons. The number of hydrogen-bond donors (Lipinski definition) is 1. The van der Waals surface area contributed by atoms with Gasteiger partial charge in [-0.15, -0.1) is 0 Å². The molecule has 174 valence electrons. The second-order valence-electron chi connectivity index (χ2n) is 9.46. The standard InChI is InChI=1S/C25H35N3O4/c1-18(2)31-22-11-7-6-9-19(22)17-26-23(29)21-10-8-14-28(21)20-12-15-27(16-13-20)24(30)32-25(3,4)5/h6-11,14,18,20H,12-13,15-17H2,1-5H3,(H,26,29). The molecule has 2 aromatic rings. The Kier molecular flexibility index (Phi) is 7.48. The van der Waals surface area contributed by atoms with Crippen LogP contribution in [0, 0.1) is 0 Å². The summed E-state index contributed by atoms with van der Waals surface area (Å²) in [7, 11) is 0. The first-order valence-corrected chi connectivity index (χ1v) is 11.3. The molecular formula is C25H35N3O4. The Morgan fingerprint density at radius 3 is 2.44 bits per heavy atom. The highest BCUT2D eigenvalue weighted by atomic mass is 16.6. The number of likely N-dealkylation sites (tertiary alicyclic amines) is 1. The Balaban J connectivity index is 1.59. The van der Waals surface area contributed by atoms with E-state index in [4.69, 9.17) is 9.47 Å². The number of ether oxygens (including phenoxy) is 2. The zero-order valence-corrected chi connectivity index (χ0v) is 19.8. The van der Waals surface area contributed by atoms with Crippen LogP contribution in [0.15, 0.2) is 42.6 Å². The Morgan fingerprint density at radius 2 is 1.78 bits per heavy atom. The number of nitrogens with zero attached hydrogens (tertiary/aromatic N) is 2. The van der Waals surface area contributed by atoms with Crippen LogP contribution in [0.5, 0.6) is 5.75 Å². The maximum Gasteiger partial charge on any atom is 0.410 e. The summed E-state index contributed by atoms with van der Waals surface area (Å²) in [5, 5.41) is 3.02. The van der Waals surface area contributed by atoms with Gasteiger partial charge >= 0.3 is 6.09 Å². The minimum atomic E-state index is -0.502. The van der Waals surface area contributed by atoms with Gasteiger partial charge in [-0.05, 0) is 65.7 Å². The first-order chi connectivity index (χ1) is 15.1. The number of rotatable bonds is 6. The van der Waals surface area contributed by atoms with Crippen molar-refractivity contribution in [3.05, 3.63) is 53.9 Å². The van der Waals surface area contributed by atoms with E-state index in [9.17, 15) is 9.59 Å². The van der Waals surface area contributed by atoms with Crippen molar-refractivity contribution in [2.75, 3.05) is 13.1 Å². The van der Waals surface area contributed by atoms with Crippen LogP contribution in [-0.2, 0) is 11.3 Å². The highest BCUT2D eigenvalue weighted by Crippen LogP contribution is 2.26. The first-order valence-electron chi connectivity index (χ1n) is 11.3. The fraction of sp³-hybridized carbons (Fsp3) is 0.520. The quantitative estimate of drug-likeness (QED) is 0.700. The van der Waals surface area contributed by atoms with Crippen LogP contribution in [-0.4, -0.2) is 46.3 Å². The van der Waals surface area contributed by atoms with Gasteiger partial charge in [-0.3, -0.25) is 4.79 Å². The van der Waals surface area contributed by atoms with Crippen molar-refractivity contribution in [1.29, 1.82) is 0 Å². The van der Waals surface area contributed by atoms with E-state index in [1.807, 2.05) is 81.8 Å². The van der Waals surface area contributed by atoms with Crippen LogP contribution >= 0.6 is 0 Å². The molecule has 1 saturated heterocycles. The molecule has 0 bridgehead atoms. The van der Waals surface area contributed by atoms with E-state index in [0.717, 1.165) is 24.2 Å². The summed E-state index contributed by atoms with van der Waals surface area (Å²) in [6, 6.07) is 11.7. The molecule has 7 heteroatoms. The molecule has 1 aromatic carbocycles. The number of nitrogens with one attached hydrogen (secondary N) is 1. The number of aromatic nitrogens is 1. The van der Waals surface area contributed by atoms with E-state index in [2.05, 4.69) is 5.32 Å². The molecule has 0 aliphatic carbocycles. The van der Waals surface area contributed by atoms with Crippen LogP contribution in [0.3, 0.4) is 0 Å². The molecular weight excluding hydrogens is 406 g/mol. The topological polar surface area (TPSA) is 72.8 Å². The van der Waals surface area contributed by atoms with Gasteiger partial charge < -0.3 is 24.3 Å². The van der Waals surface area contributed by atoms with Gasteiger partial charge in [-0.25, -0.2) is 4.79 Å². The third kappa shape index (κ3) is 6.28. The van der Waals surface area contributed by atoms with E-state index < -0.39 is 5.60 Å². The normalized spacial score (nSPS) is 15.0. The number of para-hydroxylation sites is 1. The van der Waals surface area contributed by atoms with Crippen molar-refractivity contribution in [2.45, 2.75) is 71.8 Å². The predicted molar refractivity (Wildman–Crippen MR) is 124 cm³/mol. The largest absolute Gasteiger partial charge is 0.491 e. The zero-order valence-electron chi connectivity index (χ0n) is 19.8. The summed E-state index contributed by atoms with van der Waals surface area (Å²) in [6.45, 7) is 11.2. The van der Waals surface area contributed by atoms with Gasteiger partial charge in [-0.1, -0.05) is 18.2 Å². The van der Waals surface area contributed by atoms with Crippen LogP contribution in [0.2, 0.25) is 0 Å². The third-order valence-corrected chi connectivity index (χ3v) is 5.30. The summed E-state index contributed by atoms with van der Waals surface area (Å²) >= 11 is 0. The maximum absolute atomic E-state index is 12.9. The molecule has 2 amide bonds. The van der Waals surface area contributed by atoms with Gasteiger partial charge in [0.1, 0.15) is 17.0 Å². The minimum absolute atomic E-state index is 0.0654. The molecule has 1 aliphatic rings. The van der Waals surface area contributed by atoms with Crippen molar-refractivity contribution in [3.8, 4) is 5.75 Å². The molecule has 7 nitrogen and oxygen atoms in total. The molecule has 32 heavy (non-hydrogen) atoms. The lowest BCUT2D eigenvalue weighted by atomic mass is 10.0. The fourth-order valence-electron chi connectivity index (χ4n) is 3.84. The van der Waals surface area contributed by atoms with Crippen molar-refractivity contribution < 1.29 is 19.1 Å². The first kappa shape index (κ1) is 23.7. The summed E-state index contributed by atoms with van der Waals surface area (Å²) in [6.07, 6.45) is 3.29. The molecule has 1 aliphatic heterocycles. The Labute approximate surface area is 190 Å². The van der Waals surface area contributed by atoms with Gasteiger partial charge in [0.25, 0.3) is 5.91 Å². The highest BCUT2D eigenvalue weighted by Gasteiger charge is 2.28. The van der Waals surface area contributed by atoms with Gasteiger partial charge in [0, 0.05) is 37.4 Å². The zero-order chi connectivity index (χ0) is 23.3. The number of hydrogen-bond acceptors (Lipinski definition) is 4. The average Bonchev–Trinajstić information content (AvgIpc) is 3.21. The molecule has 1 N–H and O–H groups in total. The SMILES string of the molecule is CC(C)Oc1ccccc1CNC(=O)c1cccn1C1CCN(C(=O)OC(C)(C)C)CC1. The van der Waals surface area contributed by atoms with Crippen LogP contribution < -0.4 is 10.1 Å². The summed E-state index contributed by atoms with van der Waals surface area (Å²) in [4.78, 5) is 27.0. The van der Waals surface area contributed by atoms with Gasteiger partial charge in [0.2, 0.25) is 0 Å². The molecule has 0 atom stereocenters. The lowest BCUT2D eigenvalue weighted by Gasteiger charge is -2.34. The number of amides is 2. The van der Waals surface area contributed by atoms with Crippen LogP contribution in [0.1, 0.15) is 69.6 Å². The van der Waals surface area contributed by atoms with Gasteiger partial charge in [0.05, 0.1) is 6.10 Å². The van der Waals surface area contributed by atoms with Crippen LogP contribution in [0.25, 0.3) is 0 Å². The minimum Gasteiger partial charge on any atom is -0.491 e. The maximum atomic E-state index is 12.9. The second kappa shape index (κ2) is 10.1. The van der Waals surface area contributed by atoms with E-state index >= 15 is 0 Å². The van der Waals surface area contributed by atoms with E-state index in [0.29, 0.717) is 25.3 Å². The molecule has 1 aromatic heterocycles. The third-order valence-electron chi connectivity index (χ3n) is 5.30. The van der Waals surface area contributed by atoms with E-state index in [1.54, 1.807) is 4.90 Å². The lowest BCUT2D eigenvalue weighted by molar-refractivity contribution is 0.0187. The monoisotopic (exact) mass is 441 g/mol. The van der Waals surface area contributed by atoms with E-state index in [1.165, 1.54) is 0 Å². The number of piperidine rings is 1. The molecule has 3 rings (SSSR count). The smallest absolute Gasteiger partial charge is 0.410 e. The second-order valence-corrected chi connectivity index (χ2v) is 9.46. The van der Waals surface area contributed by atoms with Crippen molar-refractivity contribution in [1.82, 2.24) is 14.8 Å². The predicted octanol–water partition coefficient (Wildman–Crippen LogP) is 4.78. The lowest BCUT2D eigenvalue weighted by Crippen LogP contribution is -2.42. The van der Waals surface area contributed by atoms with E-state index in [-0.39, 0.29) is 24.1 Å². The van der Waals surface area contributed by atoms with Crippen molar-refractivity contribution >= 4 is 12.0 Å². The Bertz CT molecular complexity index is 921. The number of benzene rings is 1. The summed E-state index contributed by atoms with van der Waals surface area (Å²) in [5.41, 5.74) is 1.07. The molecule has 0 saturated carbocycles. The summed E-state index contributed by atoms with van der Waals surface area (Å²) in [5.74, 6) is 0.664. The molecule has 0 unspecified atom stereocenters. The number of carbonyl (C=O) groups is 2. The Morgan fingerprint density at radius 1 is 1.09 bits per heavy atom. The number of carbonyl (C=O) groups excluding carboxylic acids is 2. The molecule has 0 spiro atoms. The highest BCUT2D eigenvalue weighted by molar-refractivity contribution is 5.92. The molecule has 1 fully saturated rings.